The molecule has 2 atom stereocenters. The number of carbonyl (C=O) groups excluding carboxylic acids is 1. The number of nitrogens with one attached hydrogen (secondary N) is 1. The molecule has 1 N–H and O–H groups in total. The molecule has 2 aromatic rings. The zero-order valence-electron chi connectivity index (χ0n) is 14.9. The molecule has 3 nitrogen and oxygen atoms in total. The Balaban J connectivity index is 1.71. The Morgan fingerprint density at radius 2 is 1.88 bits per heavy atom. The summed E-state index contributed by atoms with van der Waals surface area (Å²) in [4.78, 5) is 12.4. The molecule has 0 aromatic heterocycles. The van der Waals surface area contributed by atoms with E-state index in [4.69, 9.17) is 4.74 Å². The molecule has 0 heterocycles. The van der Waals surface area contributed by atoms with Crippen LogP contribution in [0.5, 0.6) is 5.75 Å². The molecule has 1 aliphatic rings. The summed E-state index contributed by atoms with van der Waals surface area (Å²) in [7, 11) is 0. The number of hydrogen-bond donors (Lipinski definition) is 1. The van der Waals surface area contributed by atoms with Crippen LogP contribution in [0.4, 0.5) is 0 Å². The normalized spacial score (nSPS) is 20.0. The van der Waals surface area contributed by atoms with Crippen molar-refractivity contribution in [3.63, 3.8) is 0 Å². The molecular weight excluding hydrogens is 310 g/mol. The molecule has 0 aliphatic heterocycles. The van der Waals surface area contributed by atoms with Gasteiger partial charge in [-0.2, -0.15) is 0 Å². The maximum absolute atomic E-state index is 12.4. The molecule has 0 spiro atoms. The van der Waals surface area contributed by atoms with E-state index < -0.39 is 0 Å². The maximum Gasteiger partial charge on any atom is 0.223 e. The van der Waals surface area contributed by atoms with E-state index >= 15 is 0 Å². The van der Waals surface area contributed by atoms with Crippen LogP contribution in [0.25, 0.3) is 0 Å². The molecule has 25 heavy (non-hydrogen) atoms. The summed E-state index contributed by atoms with van der Waals surface area (Å²) < 4.78 is 5.87. The number of rotatable bonds is 6. The van der Waals surface area contributed by atoms with E-state index in [0.29, 0.717) is 19.1 Å². The second-order valence-electron chi connectivity index (χ2n) is 6.74. The summed E-state index contributed by atoms with van der Waals surface area (Å²) in [6.07, 6.45) is 4.42. The third-order valence-electron chi connectivity index (χ3n) is 4.98. The van der Waals surface area contributed by atoms with Gasteiger partial charge >= 0.3 is 0 Å². The average Bonchev–Trinajstić information content (AvgIpc) is 2.68. The Morgan fingerprint density at radius 1 is 1.08 bits per heavy atom. The lowest BCUT2D eigenvalue weighted by Gasteiger charge is -2.31. The molecule has 132 valence electrons. The number of benzene rings is 2. The van der Waals surface area contributed by atoms with E-state index in [1.54, 1.807) is 0 Å². The van der Waals surface area contributed by atoms with E-state index in [-0.39, 0.29) is 11.8 Å². The zero-order chi connectivity index (χ0) is 17.5. The van der Waals surface area contributed by atoms with Crippen molar-refractivity contribution < 1.29 is 9.53 Å². The van der Waals surface area contributed by atoms with Crippen LogP contribution in [0.3, 0.4) is 0 Å². The van der Waals surface area contributed by atoms with Crippen LogP contribution < -0.4 is 10.1 Å². The minimum absolute atomic E-state index is 0.0963. The number of carbonyl (C=O) groups is 1. The molecule has 0 saturated heterocycles. The van der Waals surface area contributed by atoms with E-state index in [2.05, 4.69) is 29.6 Å². The zero-order valence-corrected chi connectivity index (χ0v) is 14.9. The Hall–Kier alpha value is -2.29. The molecule has 3 rings (SSSR count). The molecule has 1 saturated carbocycles. The minimum atomic E-state index is 0.0963. The highest BCUT2D eigenvalue weighted by molar-refractivity contribution is 5.79. The van der Waals surface area contributed by atoms with Crippen LogP contribution in [0.2, 0.25) is 0 Å². The lowest BCUT2D eigenvalue weighted by molar-refractivity contribution is -0.126. The van der Waals surface area contributed by atoms with Crippen molar-refractivity contribution in [1.82, 2.24) is 5.32 Å². The molecule has 2 aromatic carbocycles. The van der Waals surface area contributed by atoms with Gasteiger partial charge in [0.1, 0.15) is 12.4 Å². The largest absolute Gasteiger partial charge is 0.489 e. The van der Waals surface area contributed by atoms with Crippen LogP contribution in [0, 0.1) is 5.92 Å². The fraction of sp³-hybridized carbons (Fsp3) is 0.409. The van der Waals surface area contributed by atoms with Gasteiger partial charge in [0, 0.05) is 12.5 Å². The van der Waals surface area contributed by atoms with Crippen molar-refractivity contribution in [2.45, 2.75) is 45.1 Å². The fourth-order valence-corrected chi connectivity index (χ4v) is 3.75. The molecule has 2 unspecified atom stereocenters. The summed E-state index contributed by atoms with van der Waals surface area (Å²) >= 11 is 0. The van der Waals surface area contributed by atoms with Gasteiger partial charge in [-0.25, -0.2) is 0 Å². The van der Waals surface area contributed by atoms with Gasteiger partial charge in [0.2, 0.25) is 5.91 Å². The van der Waals surface area contributed by atoms with Gasteiger partial charge in [0.25, 0.3) is 0 Å². The highest BCUT2D eigenvalue weighted by Gasteiger charge is 2.31. The fourth-order valence-electron chi connectivity index (χ4n) is 3.75. The number of amides is 1. The Bertz CT molecular complexity index is 683. The summed E-state index contributed by atoms with van der Waals surface area (Å²) in [6, 6.07) is 18.4. The smallest absolute Gasteiger partial charge is 0.223 e. The van der Waals surface area contributed by atoms with Crippen molar-refractivity contribution in [1.29, 1.82) is 0 Å². The van der Waals surface area contributed by atoms with Gasteiger partial charge in [0.15, 0.2) is 0 Å². The quantitative estimate of drug-likeness (QED) is 0.831. The van der Waals surface area contributed by atoms with E-state index in [0.717, 1.165) is 30.6 Å². The molecule has 3 heteroatoms. The first-order chi connectivity index (χ1) is 12.3. The highest BCUT2D eigenvalue weighted by atomic mass is 16.5. The van der Waals surface area contributed by atoms with Crippen LogP contribution in [-0.2, 0) is 11.4 Å². The summed E-state index contributed by atoms with van der Waals surface area (Å²) in [6.45, 7) is 3.24. The number of ether oxygens (including phenoxy) is 1. The number of hydrogen-bond acceptors (Lipinski definition) is 2. The van der Waals surface area contributed by atoms with Gasteiger partial charge in [-0.1, -0.05) is 55.3 Å². The van der Waals surface area contributed by atoms with Gasteiger partial charge in [0.05, 0.1) is 0 Å². The van der Waals surface area contributed by atoms with Crippen LogP contribution in [-0.4, -0.2) is 12.5 Å². The van der Waals surface area contributed by atoms with Crippen molar-refractivity contribution >= 4 is 5.91 Å². The second kappa shape index (κ2) is 8.70. The predicted octanol–water partition coefficient (Wildman–Crippen LogP) is 4.68. The Kier molecular flexibility index (Phi) is 6.10. The first-order valence-electron chi connectivity index (χ1n) is 9.32. The molecular formula is C22H27NO2. The molecule has 1 amide bonds. The van der Waals surface area contributed by atoms with Crippen molar-refractivity contribution in [3.05, 3.63) is 65.7 Å². The highest BCUT2D eigenvalue weighted by Crippen LogP contribution is 2.38. The Labute approximate surface area is 150 Å². The summed E-state index contributed by atoms with van der Waals surface area (Å²) in [5.41, 5.74) is 2.42. The van der Waals surface area contributed by atoms with E-state index in [9.17, 15) is 4.79 Å². The molecule has 1 fully saturated rings. The average molecular weight is 337 g/mol. The molecule has 1 aliphatic carbocycles. The summed E-state index contributed by atoms with van der Waals surface area (Å²) in [5.74, 6) is 1.50. The summed E-state index contributed by atoms with van der Waals surface area (Å²) in [5, 5.41) is 3.01. The SMILES string of the molecule is CCNC(=O)C1CCCCC1c1cccc(COc2ccccc2)c1. The lowest BCUT2D eigenvalue weighted by Crippen LogP contribution is -2.35. The van der Waals surface area contributed by atoms with Gasteiger partial charge in [-0.05, 0) is 48.9 Å². The van der Waals surface area contributed by atoms with Gasteiger partial charge in [-0.3, -0.25) is 4.79 Å². The predicted molar refractivity (Wildman–Crippen MR) is 101 cm³/mol. The van der Waals surface area contributed by atoms with Crippen molar-refractivity contribution in [2.24, 2.45) is 5.92 Å². The van der Waals surface area contributed by atoms with Crippen LogP contribution in [0.1, 0.15) is 49.7 Å². The van der Waals surface area contributed by atoms with E-state index in [1.165, 1.54) is 12.0 Å². The number of para-hydroxylation sites is 1. The van der Waals surface area contributed by atoms with Gasteiger partial charge in [-0.15, -0.1) is 0 Å². The van der Waals surface area contributed by atoms with Crippen LogP contribution >= 0.6 is 0 Å². The third kappa shape index (κ3) is 4.62. The van der Waals surface area contributed by atoms with Crippen molar-refractivity contribution in [2.75, 3.05) is 6.54 Å². The standard InChI is InChI=1S/C22H27NO2/c1-2-23-22(24)21-14-7-6-13-20(21)18-10-8-9-17(15-18)16-25-19-11-4-3-5-12-19/h3-5,8-12,15,20-21H,2,6-7,13-14,16H2,1H3,(H,23,24). The third-order valence-corrected chi connectivity index (χ3v) is 4.98. The topological polar surface area (TPSA) is 38.3 Å². The second-order valence-corrected chi connectivity index (χ2v) is 6.74. The van der Waals surface area contributed by atoms with E-state index in [1.807, 2.05) is 37.3 Å². The monoisotopic (exact) mass is 337 g/mol. The lowest BCUT2D eigenvalue weighted by atomic mass is 9.75. The molecule has 0 radical (unpaired) electrons. The first-order valence-corrected chi connectivity index (χ1v) is 9.32. The Morgan fingerprint density at radius 3 is 2.68 bits per heavy atom. The maximum atomic E-state index is 12.4. The van der Waals surface area contributed by atoms with Crippen LogP contribution in [0.15, 0.2) is 54.6 Å². The molecule has 0 bridgehead atoms. The van der Waals surface area contributed by atoms with Crippen molar-refractivity contribution in [3.8, 4) is 5.75 Å². The minimum Gasteiger partial charge on any atom is -0.489 e. The van der Waals surface area contributed by atoms with Gasteiger partial charge < -0.3 is 10.1 Å². The first kappa shape index (κ1) is 17.5.